The van der Waals surface area contributed by atoms with Crippen LogP contribution in [0, 0.1) is 0 Å². The van der Waals surface area contributed by atoms with Gasteiger partial charge in [-0.15, -0.1) is 10.2 Å². The number of hydrogen-bond acceptors (Lipinski definition) is 7. The van der Waals surface area contributed by atoms with E-state index >= 15 is 0 Å². The number of pyridine rings is 1. The van der Waals surface area contributed by atoms with E-state index in [-0.39, 0.29) is 6.04 Å². The van der Waals surface area contributed by atoms with Crippen molar-refractivity contribution < 1.29 is 9.15 Å². The summed E-state index contributed by atoms with van der Waals surface area (Å²) in [6, 6.07) is 13.6. The number of benzene rings is 1. The molecule has 0 bridgehead atoms. The van der Waals surface area contributed by atoms with Crippen molar-refractivity contribution in [2.75, 3.05) is 11.9 Å². The summed E-state index contributed by atoms with van der Waals surface area (Å²) in [4.78, 5) is 4.30. The molecule has 0 amide bonds. The molecule has 0 spiro atoms. The molecule has 0 saturated heterocycles. The highest BCUT2D eigenvalue weighted by molar-refractivity contribution is 7.18. The molecule has 0 aliphatic carbocycles. The van der Waals surface area contributed by atoms with Crippen molar-refractivity contribution >= 4 is 27.4 Å². The number of fused-ring (bicyclic) bond motifs is 1. The summed E-state index contributed by atoms with van der Waals surface area (Å²) in [6.07, 6.45) is 1.75. The van der Waals surface area contributed by atoms with Crippen LogP contribution in [0.2, 0.25) is 0 Å². The van der Waals surface area contributed by atoms with E-state index in [2.05, 4.69) is 20.5 Å². The first-order valence-electron chi connectivity index (χ1n) is 8.41. The number of nitrogens with one attached hydrogen (secondary N) is 1. The van der Waals surface area contributed by atoms with Gasteiger partial charge in [-0.3, -0.25) is 4.98 Å². The predicted octanol–water partition coefficient (Wildman–Crippen LogP) is 4.92. The zero-order valence-electron chi connectivity index (χ0n) is 14.5. The van der Waals surface area contributed by atoms with Crippen LogP contribution in [0.25, 0.3) is 21.7 Å². The minimum Gasteiger partial charge on any atom is -0.490 e. The molecule has 0 fully saturated rings. The van der Waals surface area contributed by atoms with Gasteiger partial charge in [-0.2, -0.15) is 0 Å². The van der Waals surface area contributed by atoms with Crippen molar-refractivity contribution in [3.8, 4) is 16.5 Å². The van der Waals surface area contributed by atoms with Crippen LogP contribution in [0.15, 0.2) is 53.1 Å². The number of aromatic nitrogens is 3. The molecule has 3 heterocycles. The van der Waals surface area contributed by atoms with E-state index in [1.807, 2.05) is 56.3 Å². The number of ether oxygens (including phenoxy) is 1. The van der Waals surface area contributed by atoms with Crippen molar-refractivity contribution in [3.05, 3.63) is 54.4 Å². The number of rotatable bonds is 6. The normalized spacial score (nSPS) is 12.2. The lowest BCUT2D eigenvalue weighted by atomic mass is 10.2. The maximum Gasteiger partial charge on any atom is 0.206 e. The Morgan fingerprint density at radius 2 is 2.12 bits per heavy atom. The Kier molecular flexibility index (Phi) is 4.53. The SMILES string of the molecule is CCOc1cccc2cc(C(C)Nc3nnc(-c4ccccn4)s3)oc12. The summed E-state index contributed by atoms with van der Waals surface area (Å²) >= 11 is 1.46. The number of furan rings is 1. The summed E-state index contributed by atoms with van der Waals surface area (Å²) in [7, 11) is 0. The number of hydrogen-bond donors (Lipinski definition) is 1. The fourth-order valence-electron chi connectivity index (χ4n) is 2.67. The van der Waals surface area contributed by atoms with Gasteiger partial charge in [-0.25, -0.2) is 0 Å². The largest absolute Gasteiger partial charge is 0.490 e. The van der Waals surface area contributed by atoms with Gasteiger partial charge in [0.1, 0.15) is 11.5 Å². The van der Waals surface area contributed by atoms with Gasteiger partial charge in [0.15, 0.2) is 16.3 Å². The van der Waals surface area contributed by atoms with Gasteiger partial charge in [-0.1, -0.05) is 29.5 Å². The Bertz CT molecular complexity index is 1010. The molecule has 0 saturated carbocycles. The van der Waals surface area contributed by atoms with Gasteiger partial charge in [0.05, 0.1) is 12.6 Å². The molecule has 6 nitrogen and oxygen atoms in total. The van der Waals surface area contributed by atoms with Crippen LogP contribution in [-0.2, 0) is 0 Å². The molecule has 4 aromatic rings. The second-order valence-corrected chi connectivity index (χ2v) is 6.73. The van der Waals surface area contributed by atoms with Crippen molar-refractivity contribution in [1.82, 2.24) is 15.2 Å². The third-order valence-electron chi connectivity index (χ3n) is 3.90. The van der Waals surface area contributed by atoms with Gasteiger partial charge < -0.3 is 14.5 Å². The van der Waals surface area contributed by atoms with Gasteiger partial charge >= 0.3 is 0 Å². The fraction of sp³-hybridized carbons (Fsp3) is 0.211. The van der Waals surface area contributed by atoms with Crippen LogP contribution in [-0.4, -0.2) is 21.8 Å². The molecule has 132 valence electrons. The van der Waals surface area contributed by atoms with Crippen LogP contribution in [0.4, 0.5) is 5.13 Å². The Morgan fingerprint density at radius 1 is 1.19 bits per heavy atom. The van der Waals surface area contributed by atoms with E-state index in [0.29, 0.717) is 6.61 Å². The zero-order chi connectivity index (χ0) is 17.9. The Labute approximate surface area is 154 Å². The predicted molar refractivity (Wildman–Crippen MR) is 103 cm³/mol. The van der Waals surface area contributed by atoms with Gasteiger partial charge in [-0.05, 0) is 38.1 Å². The fourth-order valence-corrected chi connectivity index (χ4v) is 3.48. The first-order chi connectivity index (χ1) is 12.7. The van der Waals surface area contributed by atoms with Gasteiger partial charge in [0, 0.05) is 11.6 Å². The van der Waals surface area contributed by atoms with E-state index in [0.717, 1.165) is 38.3 Å². The maximum absolute atomic E-state index is 6.03. The van der Waals surface area contributed by atoms with E-state index < -0.39 is 0 Å². The van der Waals surface area contributed by atoms with E-state index in [1.54, 1.807) is 6.20 Å². The molecule has 1 N–H and O–H groups in total. The van der Waals surface area contributed by atoms with Crippen molar-refractivity contribution in [2.24, 2.45) is 0 Å². The quantitative estimate of drug-likeness (QED) is 0.522. The number of anilines is 1. The Balaban J connectivity index is 1.55. The highest BCUT2D eigenvalue weighted by Gasteiger charge is 2.16. The highest BCUT2D eigenvalue weighted by atomic mass is 32.1. The maximum atomic E-state index is 6.03. The van der Waals surface area contributed by atoms with E-state index in [9.17, 15) is 0 Å². The van der Waals surface area contributed by atoms with Crippen LogP contribution in [0.1, 0.15) is 25.6 Å². The van der Waals surface area contributed by atoms with Crippen LogP contribution < -0.4 is 10.1 Å². The van der Waals surface area contributed by atoms with Crippen molar-refractivity contribution in [2.45, 2.75) is 19.9 Å². The summed E-state index contributed by atoms with van der Waals surface area (Å²) < 4.78 is 11.7. The average Bonchev–Trinajstić information content (AvgIpc) is 3.30. The molecule has 1 atom stereocenters. The molecule has 1 aromatic carbocycles. The minimum atomic E-state index is -0.0543. The molecule has 7 heteroatoms. The molecule has 1 unspecified atom stereocenters. The molecule has 3 aromatic heterocycles. The summed E-state index contributed by atoms with van der Waals surface area (Å²) in [5.74, 6) is 1.58. The van der Waals surface area contributed by atoms with Gasteiger partial charge in [0.2, 0.25) is 5.13 Å². The third kappa shape index (κ3) is 3.25. The topological polar surface area (TPSA) is 73.1 Å². The highest BCUT2D eigenvalue weighted by Crippen LogP contribution is 2.33. The zero-order valence-corrected chi connectivity index (χ0v) is 15.3. The van der Waals surface area contributed by atoms with Crippen LogP contribution in [0.3, 0.4) is 0 Å². The van der Waals surface area contributed by atoms with Gasteiger partial charge in [0.25, 0.3) is 0 Å². The molecule has 4 rings (SSSR count). The Hall–Kier alpha value is -2.93. The number of nitrogens with zero attached hydrogens (tertiary/aromatic N) is 3. The Morgan fingerprint density at radius 3 is 2.92 bits per heavy atom. The number of para-hydroxylation sites is 1. The third-order valence-corrected chi connectivity index (χ3v) is 4.78. The van der Waals surface area contributed by atoms with Crippen molar-refractivity contribution in [1.29, 1.82) is 0 Å². The summed E-state index contributed by atoms with van der Waals surface area (Å²) in [5.41, 5.74) is 1.58. The average molecular weight is 366 g/mol. The van der Waals surface area contributed by atoms with Crippen molar-refractivity contribution in [3.63, 3.8) is 0 Å². The molecule has 26 heavy (non-hydrogen) atoms. The molecular formula is C19H18N4O2S. The first kappa shape index (κ1) is 16.5. The smallest absolute Gasteiger partial charge is 0.206 e. The summed E-state index contributed by atoms with van der Waals surface area (Å²) in [5, 5.41) is 14.3. The van der Waals surface area contributed by atoms with E-state index in [1.165, 1.54) is 11.3 Å². The van der Waals surface area contributed by atoms with Crippen LogP contribution >= 0.6 is 11.3 Å². The molecule has 0 aliphatic heterocycles. The molecule has 0 aliphatic rings. The monoisotopic (exact) mass is 366 g/mol. The first-order valence-corrected chi connectivity index (χ1v) is 9.23. The standard InChI is InChI=1S/C19H18N4O2S/c1-3-24-15-9-6-7-13-11-16(25-17(13)15)12(2)21-19-23-22-18(26-19)14-8-4-5-10-20-14/h4-12H,3H2,1-2H3,(H,21,23). The lowest BCUT2D eigenvalue weighted by molar-refractivity contribution is 0.337. The lowest BCUT2D eigenvalue weighted by Gasteiger charge is -2.09. The lowest BCUT2D eigenvalue weighted by Crippen LogP contribution is -2.05. The van der Waals surface area contributed by atoms with Crippen LogP contribution in [0.5, 0.6) is 5.75 Å². The molecular weight excluding hydrogens is 348 g/mol. The second-order valence-electron chi connectivity index (χ2n) is 5.75. The summed E-state index contributed by atoms with van der Waals surface area (Å²) in [6.45, 7) is 4.59. The van der Waals surface area contributed by atoms with E-state index in [4.69, 9.17) is 9.15 Å². The second kappa shape index (κ2) is 7.13. The minimum absolute atomic E-state index is 0.0543. The molecule has 0 radical (unpaired) electrons.